The van der Waals surface area contributed by atoms with Gasteiger partial charge in [0.1, 0.15) is 11.5 Å². The third-order valence-electron chi connectivity index (χ3n) is 5.89. The summed E-state index contributed by atoms with van der Waals surface area (Å²) >= 11 is 0. The number of aryl methyl sites for hydroxylation is 1. The van der Waals surface area contributed by atoms with Crippen molar-refractivity contribution >= 4 is 23.2 Å². The Morgan fingerprint density at radius 1 is 1.00 bits per heavy atom. The topological polar surface area (TPSA) is 99.0 Å². The number of imide groups is 1. The normalized spacial score (nSPS) is 27.4. The molecule has 8 heteroatoms. The summed E-state index contributed by atoms with van der Waals surface area (Å²) in [7, 11) is 0. The quantitative estimate of drug-likeness (QED) is 0.448. The van der Waals surface area contributed by atoms with Crippen molar-refractivity contribution in [1.29, 1.82) is 0 Å². The molecule has 2 amide bonds. The van der Waals surface area contributed by atoms with E-state index in [-0.39, 0.29) is 41.1 Å². The summed E-state index contributed by atoms with van der Waals surface area (Å²) in [4.78, 5) is 37.9. The lowest BCUT2D eigenvalue weighted by Crippen LogP contribution is -2.34. The van der Waals surface area contributed by atoms with Crippen LogP contribution in [0.3, 0.4) is 0 Å². The molecule has 3 heterocycles. The molecule has 2 aromatic carbocycles. The Balaban J connectivity index is 1.52. The lowest BCUT2D eigenvalue weighted by Gasteiger charge is -2.18. The Morgan fingerprint density at radius 2 is 1.62 bits per heavy atom. The number of anilines is 1. The van der Waals surface area contributed by atoms with E-state index in [1.165, 1.54) is 18.2 Å². The number of ether oxygens (including phenoxy) is 2. The molecule has 3 fully saturated rings. The van der Waals surface area contributed by atoms with E-state index in [4.69, 9.17) is 9.47 Å². The first-order valence-corrected chi connectivity index (χ1v) is 9.49. The third-order valence-corrected chi connectivity index (χ3v) is 5.89. The Kier molecular flexibility index (Phi) is 3.92. The minimum atomic E-state index is -0.565. The summed E-state index contributed by atoms with van der Waals surface area (Å²) in [6, 6.07) is 11.2. The molecule has 2 bridgehead atoms. The van der Waals surface area contributed by atoms with Gasteiger partial charge in [0.2, 0.25) is 11.8 Å². The molecule has 3 saturated heterocycles. The van der Waals surface area contributed by atoms with Gasteiger partial charge >= 0.3 is 0 Å². The summed E-state index contributed by atoms with van der Waals surface area (Å²) in [5, 5.41) is 11.4. The smallest absolute Gasteiger partial charge is 0.275 e. The maximum Gasteiger partial charge on any atom is 0.275 e. The van der Waals surface area contributed by atoms with Crippen LogP contribution in [-0.2, 0) is 14.3 Å². The molecule has 5 rings (SSSR count). The molecule has 0 saturated carbocycles. The second-order valence-electron chi connectivity index (χ2n) is 7.71. The van der Waals surface area contributed by atoms with E-state index in [9.17, 15) is 19.7 Å². The number of carbonyl (C=O) groups excluding carboxylic acids is 2. The number of nitro benzene ring substituents is 1. The molecule has 148 valence electrons. The SMILES string of the molecule is Cc1ccc(Oc2cc(N3C(=O)[C@@H]4[C@@H](C3=O)[C@H]3CC[C@@H]4O3)cc([N+](=O)[O-])c2)cc1. The predicted octanol–water partition coefficient (Wildman–Crippen LogP) is 3.36. The minimum absolute atomic E-state index is 0.158. The molecule has 0 aliphatic carbocycles. The van der Waals surface area contributed by atoms with Gasteiger partial charge in [0, 0.05) is 12.1 Å². The molecule has 3 aliphatic rings. The van der Waals surface area contributed by atoms with Gasteiger partial charge in [-0.05, 0) is 31.9 Å². The maximum absolute atomic E-state index is 13.0. The van der Waals surface area contributed by atoms with Gasteiger partial charge in [-0.1, -0.05) is 17.7 Å². The molecule has 4 atom stereocenters. The van der Waals surface area contributed by atoms with Crippen molar-refractivity contribution in [3.63, 3.8) is 0 Å². The molecule has 0 aromatic heterocycles. The Labute approximate surface area is 166 Å². The highest BCUT2D eigenvalue weighted by Crippen LogP contribution is 2.50. The van der Waals surface area contributed by atoms with E-state index < -0.39 is 16.8 Å². The van der Waals surface area contributed by atoms with Crippen LogP contribution in [0.1, 0.15) is 18.4 Å². The van der Waals surface area contributed by atoms with Crippen molar-refractivity contribution in [1.82, 2.24) is 0 Å². The summed E-state index contributed by atoms with van der Waals surface area (Å²) in [6.07, 6.45) is 1.03. The van der Waals surface area contributed by atoms with E-state index in [2.05, 4.69) is 0 Å². The molecule has 3 aliphatic heterocycles. The van der Waals surface area contributed by atoms with Gasteiger partial charge in [-0.15, -0.1) is 0 Å². The number of nitro groups is 1. The molecular weight excluding hydrogens is 376 g/mol. The van der Waals surface area contributed by atoms with Crippen molar-refractivity contribution < 1.29 is 24.0 Å². The van der Waals surface area contributed by atoms with Crippen molar-refractivity contribution in [2.75, 3.05) is 4.90 Å². The summed E-state index contributed by atoms with van der Waals surface area (Å²) in [5.41, 5.74) is 0.959. The zero-order valence-electron chi connectivity index (χ0n) is 15.6. The molecule has 0 N–H and O–H groups in total. The zero-order valence-corrected chi connectivity index (χ0v) is 15.6. The number of fused-ring (bicyclic) bond motifs is 5. The second-order valence-corrected chi connectivity index (χ2v) is 7.71. The molecule has 29 heavy (non-hydrogen) atoms. The maximum atomic E-state index is 13.0. The highest BCUT2D eigenvalue weighted by molar-refractivity contribution is 6.23. The van der Waals surface area contributed by atoms with Crippen molar-refractivity contribution in [2.24, 2.45) is 11.8 Å². The summed E-state index contributed by atoms with van der Waals surface area (Å²) < 4.78 is 11.5. The highest BCUT2D eigenvalue weighted by atomic mass is 16.6. The summed E-state index contributed by atoms with van der Waals surface area (Å²) in [5.74, 6) is -1.01. The van der Waals surface area contributed by atoms with Gasteiger partial charge in [-0.2, -0.15) is 0 Å². The van der Waals surface area contributed by atoms with Crippen LogP contribution in [0.5, 0.6) is 11.5 Å². The Bertz CT molecular complexity index is 1010. The van der Waals surface area contributed by atoms with E-state index in [1.54, 1.807) is 12.1 Å². The number of hydrogen-bond donors (Lipinski definition) is 0. The molecule has 8 nitrogen and oxygen atoms in total. The third kappa shape index (κ3) is 2.79. The number of benzene rings is 2. The van der Waals surface area contributed by atoms with Crippen LogP contribution in [0.15, 0.2) is 42.5 Å². The van der Waals surface area contributed by atoms with E-state index >= 15 is 0 Å². The minimum Gasteiger partial charge on any atom is -0.457 e. The first-order valence-electron chi connectivity index (χ1n) is 9.49. The number of carbonyl (C=O) groups is 2. The fourth-order valence-electron chi connectivity index (χ4n) is 4.57. The Morgan fingerprint density at radius 3 is 2.21 bits per heavy atom. The van der Waals surface area contributed by atoms with Gasteiger partial charge in [-0.3, -0.25) is 19.7 Å². The standard InChI is InChI=1S/C21H18N2O6/c1-11-2-4-14(5-3-11)28-15-9-12(8-13(10-15)23(26)27)22-20(24)18-16-6-7-17(29-16)19(18)21(22)25/h2-5,8-10,16-19H,6-7H2,1H3/t16-,17+,18-,19-/m0/s1. The molecule has 0 spiro atoms. The first kappa shape index (κ1) is 17.8. The molecule has 0 radical (unpaired) electrons. The van der Waals surface area contributed by atoms with Crippen LogP contribution in [0.25, 0.3) is 0 Å². The fraction of sp³-hybridized carbons (Fsp3) is 0.333. The van der Waals surface area contributed by atoms with E-state index in [1.807, 2.05) is 19.1 Å². The predicted molar refractivity (Wildman–Crippen MR) is 102 cm³/mol. The zero-order chi connectivity index (χ0) is 20.3. The van der Waals surface area contributed by atoms with Crippen LogP contribution < -0.4 is 9.64 Å². The van der Waals surface area contributed by atoms with Gasteiger partial charge in [-0.25, -0.2) is 4.90 Å². The van der Waals surface area contributed by atoms with Crippen LogP contribution in [0, 0.1) is 28.9 Å². The number of hydrogen-bond acceptors (Lipinski definition) is 6. The van der Waals surface area contributed by atoms with E-state index in [0.29, 0.717) is 5.75 Å². The second kappa shape index (κ2) is 6.38. The number of non-ortho nitro benzene ring substituents is 1. The molecule has 2 aromatic rings. The largest absolute Gasteiger partial charge is 0.457 e. The van der Waals surface area contributed by atoms with Crippen molar-refractivity contribution in [3.8, 4) is 11.5 Å². The van der Waals surface area contributed by atoms with Gasteiger partial charge in [0.15, 0.2) is 0 Å². The van der Waals surface area contributed by atoms with Gasteiger partial charge in [0.25, 0.3) is 5.69 Å². The molecular formula is C21H18N2O6. The highest BCUT2D eigenvalue weighted by Gasteiger charge is 2.62. The average molecular weight is 394 g/mol. The van der Waals surface area contributed by atoms with E-state index in [0.717, 1.165) is 23.3 Å². The lowest BCUT2D eigenvalue weighted by molar-refractivity contribution is -0.384. The number of nitrogens with zero attached hydrogens (tertiary/aromatic N) is 2. The van der Waals surface area contributed by atoms with Crippen LogP contribution in [0.2, 0.25) is 0 Å². The van der Waals surface area contributed by atoms with Crippen molar-refractivity contribution in [2.45, 2.75) is 32.0 Å². The van der Waals surface area contributed by atoms with Crippen LogP contribution >= 0.6 is 0 Å². The first-order chi connectivity index (χ1) is 13.9. The summed E-state index contributed by atoms with van der Waals surface area (Å²) in [6.45, 7) is 1.94. The van der Waals surface area contributed by atoms with Crippen LogP contribution in [-0.4, -0.2) is 28.9 Å². The number of rotatable bonds is 4. The Hall–Kier alpha value is -3.26. The average Bonchev–Trinajstić information content (AvgIpc) is 3.37. The fourth-order valence-corrected chi connectivity index (χ4v) is 4.57. The monoisotopic (exact) mass is 394 g/mol. The van der Waals surface area contributed by atoms with Crippen LogP contribution in [0.4, 0.5) is 11.4 Å². The van der Waals surface area contributed by atoms with Gasteiger partial charge < -0.3 is 9.47 Å². The van der Waals surface area contributed by atoms with Crippen molar-refractivity contribution in [3.05, 3.63) is 58.1 Å². The van der Waals surface area contributed by atoms with Gasteiger partial charge in [0.05, 0.1) is 40.7 Å². The number of amides is 2. The molecule has 0 unspecified atom stereocenters. The lowest BCUT2D eigenvalue weighted by atomic mass is 9.81.